The number of nitrogens with zero attached hydrogens (tertiary/aromatic N) is 2. The molecule has 138 valence electrons. The number of nitrogens with one attached hydrogen (secondary N) is 1. The van der Waals surface area contributed by atoms with Gasteiger partial charge in [0, 0.05) is 30.1 Å². The molecule has 0 atom stereocenters. The zero-order valence-electron chi connectivity index (χ0n) is 14.9. The molecular weight excluding hydrogens is 336 g/mol. The summed E-state index contributed by atoms with van der Waals surface area (Å²) in [5.41, 5.74) is 5.24. The fourth-order valence-electron chi connectivity index (χ4n) is 3.70. The van der Waals surface area contributed by atoms with Gasteiger partial charge in [0.2, 0.25) is 0 Å². The van der Waals surface area contributed by atoms with Crippen molar-refractivity contribution in [2.45, 2.75) is 50.3 Å². The maximum atomic E-state index is 11.1. The van der Waals surface area contributed by atoms with Gasteiger partial charge >= 0.3 is 0 Å². The van der Waals surface area contributed by atoms with Crippen LogP contribution in [0.4, 0.5) is 0 Å². The Balaban J connectivity index is 1.69. The van der Waals surface area contributed by atoms with Gasteiger partial charge in [0.1, 0.15) is 12.3 Å². The summed E-state index contributed by atoms with van der Waals surface area (Å²) >= 11 is 2.15. The summed E-state index contributed by atoms with van der Waals surface area (Å²) < 4.78 is 5.84. The van der Waals surface area contributed by atoms with Crippen LogP contribution >= 0.6 is 11.8 Å². The highest BCUT2D eigenvalue weighted by Gasteiger charge is 2.38. The lowest BCUT2D eigenvalue weighted by Crippen LogP contribution is -2.53. The van der Waals surface area contributed by atoms with Crippen molar-refractivity contribution < 1.29 is 9.21 Å². The Morgan fingerprint density at radius 2 is 2.20 bits per heavy atom. The Morgan fingerprint density at radius 1 is 1.40 bits per heavy atom. The molecule has 1 saturated heterocycles. The maximum absolute atomic E-state index is 11.1. The second-order valence-corrected chi connectivity index (χ2v) is 8.38. The molecule has 6 nitrogen and oxygen atoms in total. The topological polar surface area (TPSA) is 83.9 Å². The molecule has 1 aromatic heterocycles. The third kappa shape index (κ3) is 4.51. The van der Waals surface area contributed by atoms with Gasteiger partial charge in [-0.2, -0.15) is 11.8 Å². The van der Waals surface area contributed by atoms with Crippen LogP contribution in [0.15, 0.2) is 21.5 Å². The van der Waals surface area contributed by atoms with Crippen LogP contribution in [0, 0.1) is 0 Å². The number of carbonyl (C=O) groups is 1. The first-order chi connectivity index (χ1) is 12.1. The molecular formula is C18H28N4O2S. The summed E-state index contributed by atoms with van der Waals surface area (Å²) in [7, 11) is 0. The first-order valence-corrected chi connectivity index (χ1v) is 10.2. The molecule has 2 fully saturated rings. The molecule has 2 heterocycles. The van der Waals surface area contributed by atoms with E-state index in [1.165, 1.54) is 32.1 Å². The fraction of sp³-hybridized carbons (Fsp3) is 0.667. The average molecular weight is 365 g/mol. The predicted octanol–water partition coefficient (Wildman–Crippen LogP) is 2.60. The van der Waals surface area contributed by atoms with Gasteiger partial charge in [-0.15, -0.1) is 0 Å². The van der Waals surface area contributed by atoms with Gasteiger partial charge in [-0.1, -0.05) is 19.3 Å². The van der Waals surface area contributed by atoms with Gasteiger partial charge in [-0.25, -0.2) is 4.99 Å². The molecule has 0 aromatic carbocycles. The highest BCUT2D eigenvalue weighted by Crippen LogP contribution is 2.42. The quantitative estimate of drug-likeness (QED) is 0.634. The van der Waals surface area contributed by atoms with Crippen molar-refractivity contribution in [3.8, 4) is 0 Å². The van der Waals surface area contributed by atoms with Gasteiger partial charge in [0.25, 0.3) is 5.91 Å². The highest BCUT2D eigenvalue weighted by molar-refractivity contribution is 8.00. The van der Waals surface area contributed by atoms with E-state index < -0.39 is 5.91 Å². The van der Waals surface area contributed by atoms with E-state index in [0.29, 0.717) is 17.1 Å². The third-order valence-electron chi connectivity index (χ3n) is 4.94. The monoisotopic (exact) mass is 364 g/mol. The van der Waals surface area contributed by atoms with Crippen LogP contribution < -0.4 is 11.1 Å². The van der Waals surface area contributed by atoms with E-state index in [4.69, 9.17) is 15.1 Å². The van der Waals surface area contributed by atoms with E-state index in [9.17, 15) is 4.79 Å². The van der Waals surface area contributed by atoms with E-state index in [1.54, 1.807) is 12.1 Å². The number of nitrogens with two attached hydrogens (primary N) is 1. The van der Waals surface area contributed by atoms with Gasteiger partial charge in [-0.05, 0) is 31.9 Å². The Hall–Kier alpha value is -1.63. The van der Waals surface area contributed by atoms with Crippen molar-refractivity contribution in [1.82, 2.24) is 10.2 Å². The number of rotatable bonds is 4. The maximum Gasteiger partial charge on any atom is 0.284 e. The molecule has 1 aliphatic carbocycles. The standard InChI is InChI=1S/C18H28N4O2S/c1-2-20-17(21-12-14-6-7-15(24-14)16(19)23)22-10-11-25-18(13-22)8-4-3-5-9-18/h6-7H,2-5,8-13H2,1H3,(H2,19,23)(H,20,21). The number of hydrogen-bond acceptors (Lipinski definition) is 4. The second kappa shape index (κ2) is 8.17. The summed E-state index contributed by atoms with van der Waals surface area (Å²) in [6.45, 7) is 5.41. The number of aliphatic imine (C=N–C) groups is 1. The van der Waals surface area contributed by atoms with Gasteiger partial charge < -0.3 is 20.4 Å². The van der Waals surface area contributed by atoms with E-state index in [-0.39, 0.29) is 5.76 Å². The Bertz CT molecular complexity index is 617. The average Bonchev–Trinajstić information content (AvgIpc) is 3.09. The van der Waals surface area contributed by atoms with Crippen LogP contribution in [0.5, 0.6) is 0 Å². The summed E-state index contributed by atoms with van der Waals surface area (Å²) in [6, 6.07) is 3.37. The van der Waals surface area contributed by atoms with Crippen molar-refractivity contribution in [3.05, 3.63) is 23.7 Å². The molecule has 0 unspecified atom stereocenters. The lowest BCUT2D eigenvalue weighted by Gasteiger charge is -2.45. The van der Waals surface area contributed by atoms with Crippen LogP contribution in [0.2, 0.25) is 0 Å². The number of furan rings is 1. The summed E-state index contributed by atoms with van der Waals surface area (Å²) in [6.07, 6.45) is 6.69. The minimum Gasteiger partial charge on any atom is -0.454 e. The van der Waals surface area contributed by atoms with Crippen molar-refractivity contribution in [2.24, 2.45) is 10.7 Å². The zero-order valence-corrected chi connectivity index (χ0v) is 15.7. The second-order valence-electron chi connectivity index (χ2n) is 6.81. The minimum absolute atomic E-state index is 0.186. The number of guanidine groups is 1. The molecule has 1 aromatic rings. The molecule has 1 aliphatic heterocycles. The molecule has 0 bridgehead atoms. The van der Waals surface area contributed by atoms with E-state index in [1.807, 2.05) is 0 Å². The summed E-state index contributed by atoms with van der Waals surface area (Å²) in [5.74, 6) is 2.38. The SMILES string of the molecule is CCNC(=NCc1ccc(C(N)=O)o1)N1CCSC2(CCCCC2)C1. The van der Waals surface area contributed by atoms with Gasteiger partial charge in [0.15, 0.2) is 11.7 Å². The molecule has 25 heavy (non-hydrogen) atoms. The number of hydrogen-bond donors (Lipinski definition) is 2. The third-order valence-corrected chi connectivity index (χ3v) is 6.47. The molecule has 7 heteroatoms. The molecule has 3 rings (SSSR count). The number of carbonyl (C=O) groups excluding carboxylic acids is 1. The molecule has 2 aliphatic rings. The lowest BCUT2D eigenvalue weighted by atomic mass is 9.87. The normalized spacial score (nSPS) is 20.7. The predicted molar refractivity (Wildman–Crippen MR) is 102 cm³/mol. The first kappa shape index (κ1) is 18.2. The Kier molecular flexibility index (Phi) is 5.93. The summed E-state index contributed by atoms with van der Waals surface area (Å²) in [4.78, 5) is 18.3. The van der Waals surface area contributed by atoms with Crippen LogP contribution in [0.3, 0.4) is 0 Å². The van der Waals surface area contributed by atoms with E-state index in [0.717, 1.165) is 31.3 Å². The molecule has 3 N–H and O–H groups in total. The van der Waals surface area contributed by atoms with Crippen molar-refractivity contribution in [1.29, 1.82) is 0 Å². The van der Waals surface area contributed by atoms with Gasteiger partial charge in [0.05, 0.1) is 0 Å². The number of amides is 1. The number of thioether (sulfide) groups is 1. The number of primary amides is 1. The molecule has 0 radical (unpaired) electrons. The molecule has 1 spiro atoms. The van der Waals surface area contributed by atoms with Crippen molar-refractivity contribution in [2.75, 3.05) is 25.4 Å². The van der Waals surface area contributed by atoms with Gasteiger partial charge in [-0.3, -0.25) is 4.79 Å². The smallest absolute Gasteiger partial charge is 0.284 e. The van der Waals surface area contributed by atoms with E-state index >= 15 is 0 Å². The molecule has 1 saturated carbocycles. The summed E-state index contributed by atoms with van der Waals surface area (Å²) in [5, 5.41) is 3.41. The van der Waals surface area contributed by atoms with Crippen molar-refractivity contribution >= 4 is 23.6 Å². The largest absolute Gasteiger partial charge is 0.454 e. The van der Waals surface area contributed by atoms with Crippen molar-refractivity contribution in [3.63, 3.8) is 0 Å². The highest BCUT2D eigenvalue weighted by atomic mass is 32.2. The van der Waals surface area contributed by atoms with Crippen LogP contribution in [0.25, 0.3) is 0 Å². The van der Waals surface area contributed by atoms with Crippen LogP contribution in [-0.2, 0) is 6.54 Å². The minimum atomic E-state index is -0.547. The molecule has 1 amide bonds. The van der Waals surface area contributed by atoms with Crippen LogP contribution in [-0.4, -0.2) is 46.9 Å². The lowest BCUT2D eigenvalue weighted by molar-refractivity contribution is 0.0972. The zero-order chi connectivity index (χ0) is 17.7. The first-order valence-electron chi connectivity index (χ1n) is 9.18. The Morgan fingerprint density at radius 3 is 2.88 bits per heavy atom. The van der Waals surface area contributed by atoms with Crippen LogP contribution in [0.1, 0.15) is 55.3 Å². The Labute approximate surface area is 153 Å². The fourth-order valence-corrected chi connectivity index (χ4v) is 5.27. The van der Waals surface area contributed by atoms with E-state index in [2.05, 4.69) is 28.9 Å².